The molecule has 4 N–H and O–H groups in total. The van der Waals surface area contributed by atoms with E-state index in [0.29, 0.717) is 0 Å². The van der Waals surface area contributed by atoms with Crippen LogP contribution in [0.1, 0.15) is 20.3 Å². The minimum atomic E-state index is -0.0417. The van der Waals surface area contributed by atoms with E-state index in [-0.39, 0.29) is 11.2 Å². The number of rotatable bonds is 2. The molecular weight excluding hydrogens is 116 g/mol. The van der Waals surface area contributed by atoms with Crippen LogP contribution in [-0.4, -0.2) is 21.4 Å². The first-order chi connectivity index (χ1) is 3.50. The molecule has 0 aromatic carbocycles. The van der Waals surface area contributed by atoms with Crippen molar-refractivity contribution in [3.8, 4) is 0 Å². The van der Waals surface area contributed by atoms with Crippen LogP contribution in [0.5, 0.6) is 0 Å². The fourth-order valence-electron chi connectivity index (χ4n) is 0.322. The van der Waals surface area contributed by atoms with Gasteiger partial charge < -0.3 is 11.5 Å². The third-order valence-electron chi connectivity index (χ3n) is 1.80. The fourth-order valence-corrected chi connectivity index (χ4v) is 0.322. The molecule has 0 aliphatic rings. The van der Waals surface area contributed by atoms with Crippen LogP contribution in [0.2, 0.25) is 0 Å². The van der Waals surface area contributed by atoms with Crippen LogP contribution in [0.3, 0.4) is 0 Å². The van der Waals surface area contributed by atoms with Crippen molar-refractivity contribution in [2.75, 3.05) is 0 Å². The van der Waals surface area contributed by atoms with Crippen molar-refractivity contribution in [3.05, 3.63) is 0 Å². The lowest BCUT2D eigenvalue weighted by Gasteiger charge is -2.26. The van der Waals surface area contributed by atoms with Crippen molar-refractivity contribution in [3.63, 3.8) is 0 Å². The SMILES string of the molecule is CCC(N)([SiH3])C(C)N. The van der Waals surface area contributed by atoms with Gasteiger partial charge in [-0.1, -0.05) is 6.92 Å². The molecule has 2 nitrogen and oxygen atoms in total. The molecule has 0 bridgehead atoms. The average Bonchev–Trinajstić information content (AvgIpc) is 1.67. The van der Waals surface area contributed by atoms with E-state index in [1.807, 2.05) is 6.92 Å². The largest absolute Gasteiger partial charge is 0.327 e. The van der Waals surface area contributed by atoms with E-state index < -0.39 is 0 Å². The highest BCUT2D eigenvalue weighted by molar-refractivity contribution is 6.15. The Kier molecular flexibility index (Phi) is 2.66. The zero-order chi connectivity index (χ0) is 6.78. The van der Waals surface area contributed by atoms with E-state index in [1.54, 1.807) is 0 Å². The molecule has 0 amide bonds. The molecule has 3 heteroatoms. The van der Waals surface area contributed by atoms with Gasteiger partial charge in [-0.15, -0.1) is 0 Å². The van der Waals surface area contributed by atoms with Gasteiger partial charge in [0.2, 0.25) is 0 Å². The van der Waals surface area contributed by atoms with Crippen LogP contribution in [0.25, 0.3) is 0 Å². The van der Waals surface area contributed by atoms with Gasteiger partial charge >= 0.3 is 0 Å². The molecule has 2 atom stereocenters. The predicted octanol–water partition coefficient (Wildman–Crippen LogP) is -1.24. The maximum Gasteiger partial charge on any atom is 0.0297 e. The van der Waals surface area contributed by atoms with Crippen molar-refractivity contribution < 1.29 is 0 Å². The normalized spacial score (nSPS) is 22.5. The molecule has 0 heterocycles. The zero-order valence-corrected chi connectivity index (χ0v) is 7.94. The van der Waals surface area contributed by atoms with Gasteiger partial charge in [0, 0.05) is 21.4 Å². The van der Waals surface area contributed by atoms with Gasteiger partial charge in [-0.3, -0.25) is 0 Å². The summed E-state index contributed by atoms with van der Waals surface area (Å²) < 4.78 is 0. The summed E-state index contributed by atoms with van der Waals surface area (Å²) in [7, 11) is 0.986. The van der Waals surface area contributed by atoms with Crippen LogP contribution in [-0.2, 0) is 0 Å². The highest BCUT2D eigenvalue weighted by Crippen LogP contribution is 2.02. The fraction of sp³-hybridized carbons (Fsp3) is 1.00. The Hall–Kier alpha value is 0.137. The summed E-state index contributed by atoms with van der Waals surface area (Å²) in [6.07, 6.45) is 0.997. The second-order valence-corrected chi connectivity index (χ2v) is 4.51. The lowest BCUT2D eigenvalue weighted by molar-refractivity contribution is 0.484. The molecule has 50 valence electrons. The predicted molar refractivity (Wildman–Crippen MR) is 40.8 cm³/mol. The number of hydrogen-bond donors (Lipinski definition) is 2. The minimum Gasteiger partial charge on any atom is -0.327 e. The first-order valence-corrected chi connectivity index (χ1v) is 4.05. The van der Waals surface area contributed by atoms with Crippen LogP contribution >= 0.6 is 0 Å². The van der Waals surface area contributed by atoms with Crippen molar-refractivity contribution in [2.24, 2.45) is 11.5 Å². The Morgan fingerprint density at radius 1 is 1.75 bits per heavy atom. The van der Waals surface area contributed by atoms with Crippen LogP contribution in [0.15, 0.2) is 0 Å². The molecule has 0 saturated carbocycles. The summed E-state index contributed by atoms with van der Waals surface area (Å²) in [5.74, 6) is 0. The molecule has 0 radical (unpaired) electrons. The lowest BCUT2D eigenvalue weighted by Crippen LogP contribution is -2.53. The van der Waals surface area contributed by atoms with E-state index in [2.05, 4.69) is 6.92 Å². The summed E-state index contributed by atoms with van der Waals surface area (Å²) >= 11 is 0. The van der Waals surface area contributed by atoms with Crippen LogP contribution in [0.4, 0.5) is 0 Å². The quantitative estimate of drug-likeness (QED) is 0.462. The monoisotopic (exact) mass is 132 g/mol. The van der Waals surface area contributed by atoms with Crippen molar-refractivity contribution in [2.45, 2.75) is 31.5 Å². The molecular formula is C5H16N2Si. The van der Waals surface area contributed by atoms with Gasteiger partial charge in [-0.2, -0.15) is 0 Å². The van der Waals surface area contributed by atoms with Crippen LogP contribution in [0, 0.1) is 0 Å². The van der Waals surface area contributed by atoms with Gasteiger partial charge in [0.05, 0.1) is 0 Å². The maximum atomic E-state index is 5.80. The summed E-state index contributed by atoms with van der Waals surface area (Å²) in [6, 6.07) is 0.152. The van der Waals surface area contributed by atoms with Gasteiger partial charge in [0.15, 0.2) is 0 Å². The topological polar surface area (TPSA) is 52.0 Å². The second kappa shape index (κ2) is 2.62. The smallest absolute Gasteiger partial charge is 0.0297 e. The van der Waals surface area contributed by atoms with Crippen molar-refractivity contribution in [1.29, 1.82) is 0 Å². The van der Waals surface area contributed by atoms with Crippen molar-refractivity contribution in [1.82, 2.24) is 0 Å². The molecule has 0 aromatic rings. The van der Waals surface area contributed by atoms with E-state index in [4.69, 9.17) is 11.5 Å². The molecule has 8 heavy (non-hydrogen) atoms. The molecule has 0 fully saturated rings. The average molecular weight is 132 g/mol. The highest BCUT2D eigenvalue weighted by atomic mass is 28.1. The molecule has 2 unspecified atom stereocenters. The number of hydrogen-bond acceptors (Lipinski definition) is 2. The molecule has 0 saturated heterocycles. The van der Waals surface area contributed by atoms with Gasteiger partial charge in [0.1, 0.15) is 0 Å². The first-order valence-electron chi connectivity index (χ1n) is 3.05. The second-order valence-electron chi connectivity index (χ2n) is 2.65. The Morgan fingerprint density at radius 3 is 2.12 bits per heavy atom. The highest BCUT2D eigenvalue weighted by Gasteiger charge is 2.19. The van der Waals surface area contributed by atoms with E-state index in [9.17, 15) is 0 Å². The molecule has 0 aliphatic heterocycles. The Labute approximate surface area is 54.0 Å². The summed E-state index contributed by atoms with van der Waals surface area (Å²) in [5.41, 5.74) is 11.4. The Morgan fingerprint density at radius 2 is 2.12 bits per heavy atom. The minimum absolute atomic E-state index is 0.0417. The summed E-state index contributed by atoms with van der Waals surface area (Å²) in [6.45, 7) is 4.05. The van der Waals surface area contributed by atoms with Crippen LogP contribution < -0.4 is 11.5 Å². The molecule has 0 aromatic heterocycles. The third kappa shape index (κ3) is 1.94. The summed E-state index contributed by atoms with van der Waals surface area (Å²) in [4.78, 5) is 0. The van der Waals surface area contributed by atoms with E-state index in [0.717, 1.165) is 16.7 Å². The summed E-state index contributed by atoms with van der Waals surface area (Å²) in [5, 5.41) is -0.0417. The zero-order valence-electron chi connectivity index (χ0n) is 5.94. The molecule has 0 aliphatic carbocycles. The Bertz CT molecular complexity index is 70.8. The standard InChI is InChI=1S/C5H16N2Si/c1-3-5(7,8)4(2)6/h4H,3,6-7H2,1-2,8H3. The van der Waals surface area contributed by atoms with Crippen molar-refractivity contribution >= 4 is 10.2 Å². The van der Waals surface area contributed by atoms with E-state index in [1.165, 1.54) is 0 Å². The molecule has 0 rings (SSSR count). The third-order valence-corrected chi connectivity index (χ3v) is 3.42. The Balaban J connectivity index is 3.71. The maximum absolute atomic E-state index is 5.80. The van der Waals surface area contributed by atoms with Gasteiger partial charge in [0.25, 0.3) is 0 Å². The van der Waals surface area contributed by atoms with Gasteiger partial charge in [-0.25, -0.2) is 0 Å². The molecule has 0 spiro atoms. The lowest BCUT2D eigenvalue weighted by atomic mass is 10.1. The van der Waals surface area contributed by atoms with E-state index >= 15 is 0 Å². The number of nitrogens with two attached hydrogens (primary N) is 2. The first kappa shape index (κ1) is 8.14. The van der Waals surface area contributed by atoms with Gasteiger partial charge in [-0.05, 0) is 13.3 Å².